The van der Waals surface area contributed by atoms with Crippen LogP contribution in [0.3, 0.4) is 0 Å². The van der Waals surface area contributed by atoms with Gasteiger partial charge in [-0.3, -0.25) is 0 Å². The minimum Gasteiger partial charge on any atom is -0.394 e. The highest BCUT2D eigenvalue weighted by molar-refractivity contribution is 4.98. The van der Waals surface area contributed by atoms with Crippen LogP contribution in [-0.2, 0) is 18.9 Å². The molecule has 0 amide bonds. The molecule has 2 fully saturated rings. The van der Waals surface area contributed by atoms with Crippen LogP contribution in [0.25, 0.3) is 0 Å². The van der Waals surface area contributed by atoms with Gasteiger partial charge in [0.1, 0.15) is 42.7 Å². The van der Waals surface area contributed by atoms with E-state index in [1.807, 2.05) is 13.0 Å². The maximum atomic E-state index is 10.2. The molecule has 0 aromatic carbocycles. The van der Waals surface area contributed by atoms with Gasteiger partial charge in [-0.25, -0.2) is 0 Å². The quantitative estimate of drug-likeness (QED) is 0.170. The predicted octanol–water partition coefficient (Wildman–Crippen LogP) is -1.85. The Balaban J connectivity index is 1.84. The van der Waals surface area contributed by atoms with Crippen LogP contribution in [-0.4, -0.2) is 116 Å². The molecule has 0 bridgehead atoms. The smallest absolute Gasteiger partial charge is 0.187 e. The molecule has 188 valence electrons. The third-order valence-electron chi connectivity index (χ3n) is 5.64. The van der Waals surface area contributed by atoms with Crippen molar-refractivity contribution in [2.75, 3.05) is 19.8 Å². The molecule has 2 heterocycles. The fourth-order valence-electron chi connectivity index (χ4n) is 3.57. The minimum atomic E-state index is -1.55. The van der Waals surface area contributed by atoms with Gasteiger partial charge in [0.2, 0.25) is 0 Å². The molecule has 2 aliphatic rings. The largest absolute Gasteiger partial charge is 0.394 e. The molecular weight excluding hydrogens is 428 g/mol. The van der Waals surface area contributed by atoms with E-state index in [0.717, 1.165) is 18.4 Å². The summed E-state index contributed by atoms with van der Waals surface area (Å²) in [6, 6.07) is 0. The maximum Gasteiger partial charge on any atom is 0.187 e. The van der Waals surface area contributed by atoms with Crippen LogP contribution in [0.2, 0.25) is 0 Å². The number of allylic oxidation sites excluding steroid dienone is 1. The lowest BCUT2D eigenvalue weighted by molar-refractivity contribution is -0.308. The topological polar surface area (TPSA) is 179 Å². The lowest BCUT2D eigenvalue weighted by Gasteiger charge is -2.40. The first-order chi connectivity index (χ1) is 14.9. The highest BCUT2D eigenvalue weighted by Gasteiger charge is 2.47. The number of ether oxygens (including phenoxy) is 4. The Morgan fingerprint density at radius 3 is 2.03 bits per heavy atom. The highest BCUT2D eigenvalue weighted by atomic mass is 16.7. The first kappa shape index (κ1) is 27.5. The summed E-state index contributed by atoms with van der Waals surface area (Å²) < 4.78 is 21.6. The van der Waals surface area contributed by atoms with Gasteiger partial charge < -0.3 is 54.7 Å². The van der Waals surface area contributed by atoms with Crippen molar-refractivity contribution in [3.8, 4) is 0 Å². The molecule has 0 aromatic heterocycles. The van der Waals surface area contributed by atoms with Crippen LogP contribution in [0.5, 0.6) is 0 Å². The van der Waals surface area contributed by atoms with Crippen molar-refractivity contribution < 1.29 is 54.7 Å². The zero-order valence-corrected chi connectivity index (χ0v) is 18.8. The number of rotatable bonds is 11. The maximum absolute atomic E-state index is 10.2. The average Bonchev–Trinajstić information content (AvgIpc) is 2.99. The summed E-state index contributed by atoms with van der Waals surface area (Å²) in [4.78, 5) is 0. The Kier molecular flexibility index (Phi) is 10.4. The summed E-state index contributed by atoms with van der Waals surface area (Å²) in [5.41, 5.74) is 0.311. The Bertz CT molecular complexity index is 593. The Morgan fingerprint density at radius 2 is 1.44 bits per heavy atom. The van der Waals surface area contributed by atoms with Gasteiger partial charge in [-0.2, -0.15) is 0 Å². The van der Waals surface area contributed by atoms with Gasteiger partial charge in [-0.05, 0) is 40.0 Å². The van der Waals surface area contributed by atoms with Crippen LogP contribution >= 0.6 is 0 Å². The van der Waals surface area contributed by atoms with Crippen molar-refractivity contribution in [2.45, 2.75) is 101 Å². The molecule has 9 atom stereocenters. The van der Waals surface area contributed by atoms with Gasteiger partial charge >= 0.3 is 0 Å². The van der Waals surface area contributed by atoms with E-state index in [2.05, 4.69) is 0 Å². The van der Waals surface area contributed by atoms with E-state index in [0.29, 0.717) is 6.42 Å². The van der Waals surface area contributed by atoms with E-state index in [1.54, 1.807) is 13.8 Å². The first-order valence-corrected chi connectivity index (χ1v) is 10.9. The van der Waals surface area contributed by atoms with Crippen molar-refractivity contribution in [3.63, 3.8) is 0 Å². The molecule has 0 saturated carbocycles. The lowest BCUT2D eigenvalue weighted by Crippen LogP contribution is -2.59. The number of aliphatic hydroxyl groups is 7. The van der Waals surface area contributed by atoms with E-state index < -0.39 is 67.5 Å². The van der Waals surface area contributed by atoms with E-state index in [-0.39, 0.29) is 13.2 Å². The second-order valence-electron chi connectivity index (χ2n) is 9.10. The summed E-state index contributed by atoms with van der Waals surface area (Å²) >= 11 is 0. The predicted molar refractivity (Wildman–Crippen MR) is 110 cm³/mol. The summed E-state index contributed by atoms with van der Waals surface area (Å²) in [6.45, 7) is 4.69. The summed E-state index contributed by atoms with van der Waals surface area (Å²) in [5.74, 6) is 0. The second kappa shape index (κ2) is 12.1. The SMILES string of the molecule is C/C(=C\CO[C@@H]1O[C@H](CO[C@@H]2O[C@@H](CO)[C@H](O)[C@H]2O)[C@@H](O)[C@H](O)[C@H]1O)CCCC(C)(C)O. The molecule has 0 unspecified atom stereocenters. The van der Waals surface area contributed by atoms with E-state index in [1.165, 1.54) is 0 Å². The third-order valence-corrected chi connectivity index (χ3v) is 5.64. The molecule has 0 spiro atoms. The molecule has 0 aliphatic carbocycles. The highest BCUT2D eigenvalue weighted by Crippen LogP contribution is 2.26. The number of aliphatic hydroxyl groups excluding tert-OH is 6. The summed E-state index contributed by atoms with van der Waals surface area (Å²) in [7, 11) is 0. The summed E-state index contributed by atoms with van der Waals surface area (Å²) in [5, 5.41) is 69.1. The summed E-state index contributed by atoms with van der Waals surface area (Å²) in [6.07, 6.45) is -7.81. The van der Waals surface area contributed by atoms with Crippen LogP contribution in [0, 0.1) is 0 Å². The van der Waals surface area contributed by atoms with Gasteiger partial charge in [0.15, 0.2) is 12.6 Å². The lowest BCUT2D eigenvalue weighted by atomic mass is 9.99. The van der Waals surface area contributed by atoms with Gasteiger partial charge in [0.05, 0.1) is 25.4 Å². The standard InChI is InChI=1S/C21H38O11/c1-11(5-4-7-21(2,3)28)6-8-29-19-18(27)16(25)15(24)13(32-19)10-30-20-17(26)14(23)12(9-22)31-20/h6,12-20,22-28H,4-5,7-10H2,1-3H3/b11-6+/t12-,13+,14-,15+,16-,17+,18+,19+,20+/m0/s1. The molecule has 32 heavy (non-hydrogen) atoms. The zero-order valence-electron chi connectivity index (χ0n) is 18.8. The van der Waals surface area contributed by atoms with Crippen LogP contribution < -0.4 is 0 Å². The van der Waals surface area contributed by atoms with Gasteiger partial charge in [0.25, 0.3) is 0 Å². The Labute approximate surface area is 187 Å². The number of hydrogen-bond acceptors (Lipinski definition) is 11. The second-order valence-corrected chi connectivity index (χ2v) is 9.10. The van der Waals surface area contributed by atoms with Crippen LogP contribution in [0.4, 0.5) is 0 Å². The van der Waals surface area contributed by atoms with E-state index in [9.17, 15) is 30.6 Å². The molecule has 11 nitrogen and oxygen atoms in total. The molecule has 2 rings (SSSR count). The fourth-order valence-corrected chi connectivity index (χ4v) is 3.57. The van der Waals surface area contributed by atoms with Crippen LogP contribution in [0.1, 0.15) is 40.0 Å². The van der Waals surface area contributed by atoms with E-state index >= 15 is 0 Å². The Morgan fingerprint density at radius 1 is 0.875 bits per heavy atom. The fraction of sp³-hybridized carbons (Fsp3) is 0.905. The zero-order chi connectivity index (χ0) is 24.1. The van der Waals surface area contributed by atoms with E-state index in [4.69, 9.17) is 24.1 Å². The first-order valence-electron chi connectivity index (χ1n) is 10.9. The molecule has 0 radical (unpaired) electrons. The van der Waals surface area contributed by atoms with Crippen LogP contribution in [0.15, 0.2) is 11.6 Å². The third kappa shape index (κ3) is 7.67. The molecule has 11 heteroatoms. The van der Waals surface area contributed by atoms with Gasteiger partial charge in [-0.1, -0.05) is 11.6 Å². The van der Waals surface area contributed by atoms with Crippen molar-refractivity contribution in [2.24, 2.45) is 0 Å². The van der Waals surface area contributed by atoms with Crippen molar-refractivity contribution in [1.29, 1.82) is 0 Å². The molecule has 2 aliphatic heterocycles. The molecule has 0 aromatic rings. The van der Waals surface area contributed by atoms with Crippen molar-refractivity contribution in [3.05, 3.63) is 11.6 Å². The van der Waals surface area contributed by atoms with Crippen molar-refractivity contribution >= 4 is 0 Å². The number of hydrogen-bond donors (Lipinski definition) is 7. The molecular formula is C21H38O11. The monoisotopic (exact) mass is 466 g/mol. The molecule has 7 N–H and O–H groups in total. The Hall–Kier alpha value is -0.700. The minimum absolute atomic E-state index is 0.0985. The normalized spacial score (nSPS) is 38.9. The van der Waals surface area contributed by atoms with Gasteiger partial charge in [-0.15, -0.1) is 0 Å². The van der Waals surface area contributed by atoms with Crippen molar-refractivity contribution in [1.82, 2.24) is 0 Å². The average molecular weight is 467 g/mol. The van der Waals surface area contributed by atoms with Gasteiger partial charge in [0, 0.05) is 0 Å². The molecule has 2 saturated heterocycles.